The van der Waals surface area contributed by atoms with Crippen LogP contribution < -0.4 is 5.32 Å². The Morgan fingerprint density at radius 2 is 2.39 bits per heavy atom. The molecule has 2 rings (SSSR count). The largest absolute Gasteiger partial charge is 0.480 e. The first-order valence-corrected chi connectivity index (χ1v) is 6.28. The molecular weight excluding hydrogens is 254 g/mol. The summed E-state index contributed by atoms with van der Waals surface area (Å²) in [6.07, 6.45) is 0.815. The molecule has 0 spiro atoms. The zero-order valence-corrected chi connectivity index (χ0v) is 10.9. The van der Waals surface area contributed by atoms with Crippen LogP contribution in [0.4, 0.5) is 5.69 Å². The Balaban J connectivity index is 2.23. The Morgan fingerprint density at radius 3 is 3.00 bits per heavy atom. The molecule has 1 saturated heterocycles. The summed E-state index contributed by atoms with van der Waals surface area (Å²) in [6, 6.07) is 7.10. The lowest BCUT2D eigenvalue weighted by atomic mass is 9.86. The van der Waals surface area contributed by atoms with Crippen LogP contribution in [0.5, 0.6) is 0 Å². The molecule has 5 heteroatoms. The first-order valence-electron chi connectivity index (χ1n) is 5.91. The second-order valence-corrected chi connectivity index (χ2v) is 5.09. The Kier molecular flexibility index (Phi) is 3.78. The Labute approximate surface area is 111 Å². The van der Waals surface area contributed by atoms with Crippen LogP contribution >= 0.6 is 11.6 Å². The molecule has 0 saturated carbocycles. The van der Waals surface area contributed by atoms with Crippen LogP contribution in [0.15, 0.2) is 24.3 Å². The van der Waals surface area contributed by atoms with Gasteiger partial charge >= 0.3 is 5.97 Å². The summed E-state index contributed by atoms with van der Waals surface area (Å²) in [5.41, 5.74) is -0.249. The highest BCUT2D eigenvalue weighted by molar-refractivity contribution is 6.30. The third kappa shape index (κ3) is 2.76. The van der Waals surface area contributed by atoms with E-state index in [9.17, 15) is 9.90 Å². The van der Waals surface area contributed by atoms with E-state index in [0.29, 0.717) is 24.5 Å². The van der Waals surface area contributed by atoms with E-state index in [1.165, 1.54) is 0 Å². The summed E-state index contributed by atoms with van der Waals surface area (Å²) in [5.74, 6) is -0.849. The van der Waals surface area contributed by atoms with Crippen LogP contribution in [0.25, 0.3) is 0 Å². The maximum Gasteiger partial charge on any atom is 0.329 e. The highest BCUT2D eigenvalue weighted by Crippen LogP contribution is 2.30. The Hall–Kier alpha value is -1.26. The van der Waals surface area contributed by atoms with Gasteiger partial charge in [-0.25, -0.2) is 4.79 Å². The zero-order valence-electron chi connectivity index (χ0n) is 10.1. The van der Waals surface area contributed by atoms with Gasteiger partial charge in [0.2, 0.25) is 0 Å². The van der Waals surface area contributed by atoms with Gasteiger partial charge in [-0.3, -0.25) is 0 Å². The third-order valence-electron chi connectivity index (χ3n) is 3.18. The van der Waals surface area contributed by atoms with E-state index in [4.69, 9.17) is 16.3 Å². The van der Waals surface area contributed by atoms with Crippen molar-refractivity contribution in [3.8, 4) is 0 Å². The quantitative estimate of drug-likeness (QED) is 0.886. The maximum absolute atomic E-state index is 11.6. The lowest BCUT2D eigenvalue weighted by Gasteiger charge is -2.37. The number of anilines is 1. The first-order chi connectivity index (χ1) is 8.52. The number of hydrogen-bond acceptors (Lipinski definition) is 3. The number of carbonyl (C=O) groups is 1. The number of nitrogens with one attached hydrogen (secondary N) is 1. The van der Waals surface area contributed by atoms with Crippen molar-refractivity contribution in [3.05, 3.63) is 29.3 Å². The van der Waals surface area contributed by atoms with Crippen LogP contribution in [-0.4, -0.2) is 29.3 Å². The summed E-state index contributed by atoms with van der Waals surface area (Å²) >= 11 is 5.90. The smallest absolute Gasteiger partial charge is 0.329 e. The van der Waals surface area contributed by atoms with Crippen molar-refractivity contribution in [1.29, 1.82) is 0 Å². The fourth-order valence-corrected chi connectivity index (χ4v) is 2.48. The molecule has 98 valence electrons. The predicted molar refractivity (Wildman–Crippen MR) is 70.1 cm³/mol. The normalized spacial score (nSPS) is 27.8. The first kappa shape index (κ1) is 13.2. The monoisotopic (exact) mass is 269 g/mol. The summed E-state index contributed by atoms with van der Waals surface area (Å²) < 4.78 is 5.42. The van der Waals surface area contributed by atoms with Gasteiger partial charge in [0.15, 0.2) is 0 Å². The number of aliphatic carboxylic acids is 1. The standard InChI is InChI=1S/C13H16ClNO3/c1-9-8-13(12(16)17,5-6-18-9)15-11-4-2-3-10(14)7-11/h2-4,7,9,15H,5-6,8H2,1H3,(H,16,17). The number of benzene rings is 1. The number of carboxylic acid groups (broad SMARTS) is 1. The number of hydrogen-bond donors (Lipinski definition) is 2. The van der Waals surface area contributed by atoms with Gasteiger partial charge < -0.3 is 15.2 Å². The van der Waals surface area contributed by atoms with Crippen LogP contribution in [0, 0.1) is 0 Å². The molecule has 1 aromatic rings. The van der Waals surface area contributed by atoms with Gasteiger partial charge in [0, 0.05) is 30.2 Å². The molecule has 0 amide bonds. The van der Waals surface area contributed by atoms with Gasteiger partial charge in [-0.2, -0.15) is 0 Å². The molecule has 2 unspecified atom stereocenters. The lowest BCUT2D eigenvalue weighted by molar-refractivity contribution is -0.147. The zero-order chi connectivity index (χ0) is 13.2. The minimum atomic E-state index is -0.970. The molecule has 2 N–H and O–H groups in total. The Morgan fingerprint density at radius 1 is 1.61 bits per heavy atom. The molecule has 2 atom stereocenters. The van der Waals surface area contributed by atoms with Crippen LogP contribution in [-0.2, 0) is 9.53 Å². The fraction of sp³-hybridized carbons (Fsp3) is 0.462. The molecule has 1 aliphatic rings. The summed E-state index contributed by atoms with van der Waals surface area (Å²) in [5, 5.41) is 13.2. The lowest BCUT2D eigenvalue weighted by Crippen LogP contribution is -2.52. The van der Waals surface area contributed by atoms with E-state index >= 15 is 0 Å². The minimum Gasteiger partial charge on any atom is -0.480 e. The van der Waals surface area contributed by atoms with Gasteiger partial charge in [-0.05, 0) is 25.1 Å². The van der Waals surface area contributed by atoms with Crippen molar-refractivity contribution in [3.63, 3.8) is 0 Å². The average Bonchev–Trinajstić information content (AvgIpc) is 2.28. The van der Waals surface area contributed by atoms with E-state index in [1.54, 1.807) is 18.2 Å². The molecule has 0 aliphatic carbocycles. The third-order valence-corrected chi connectivity index (χ3v) is 3.42. The summed E-state index contributed by atoms with van der Waals surface area (Å²) in [7, 11) is 0. The van der Waals surface area contributed by atoms with Crippen LogP contribution in [0.3, 0.4) is 0 Å². The molecule has 4 nitrogen and oxygen atoms in total. The van der Waals surface area contributed by atoms with E-state index in [1.807, 2.05) is 13.0 Å². The average molecular weight is 270 g/mol. The minimum absolute atomic E-state index is 0.0680. The van der Waals surface area contributed by atoms with Crippen molar-refractivity contribution in [2.45, 2.75) is 31.4 Å². The molecule has 1 fully saturated rings. The second-order valence-electron chi connectivity index (χ2n) is 4.66. The second kappa shape index (κ2) is 5.16. The van der Waals surface area contributed by atoms with Gasteiger partial charge in [-0.15, -0.1) is 0 Å². The van der Waals surface area contributed by atoms with Crippen LogP contribution in [0.1, 0.15) is 19.8 Å². The van der Waals surface area contributed by atoms with E-state index in [2.05, 4.69) is 5.32 Å². The topological polar surface area (TPSA) is 58.6 Å². The molecular formula is C13H16ClNO3. The number of halogens is 1. The molecule has 1 heterocycles. The summed E-state index contributed by atoms with van der Waals surface area (Å²) in [6.45, 7) is 2.33. The summed E-state index contributed by atoms with van der Waals surface area (Å²) in [4.78, 5) is 11.6. The Bertz CT molecular complexity index is 452. The molecule has 1 aromatic carbocycles. The van der Waals surface area contributed by atoms with Gasteiger partial charge in [0.1, 0.15) is 5.54 Å². The molecule has 18 heavy (non-hydrogen) atoms. The maximum atomic E-state index is 11.6. The van der Waals surface area contributed by atoms with Crippen molar-refractivity contribution in [2.24, 2.45) is 0 Å². The SMILES string of the molecule is CC1CC(Nc2cccc(Cl)c2)(C(=O)O)CCO1. The number of carboxylic acids is 1. The highest BCUT2D eigenvalue weighted by Gasteiger charge is 2.42. The van der Waals surface area contributed by atoms with Gasteiger partial charge in [-0.1, -0.05) is 17.7 Å². The van der Waals surface area contributed by atoms with E-state index < -0.39 is 11.5 Å². The molecule has 1 aliphatic heterocycles. The fourth-order valence-electron chi connectivity index (χ4n) is 2.29. The van der Waals surface area contributed by atoms with E-state index in [-0.39, 0.29) is 6.10 Å². The van der Waals surface area contributed by atoms with Crippen molar-refractivity contribution < 1.29 is 14.6 Å². The molecule has 0 bridgehead atoms. The van der Waals surface area contributed by atoms with Crippen molar-refractivity contribution >= 4 is 23.3 Å². The van der Waals surface area contributed by atoms with E-state index in [0.717, 1.165) is 5.69 Å². The predicted octanol–water partition coefficient (Wildman–Crippen LogP) is 2.77. The van der Waals surface area contributed by atoms with Crippen molar-refractivity contribution in [1.82, 2.24) is 0 Å². The van der Waals surface area contributed by atoms with Crippen LogP contribution in [0.2, 0.25) is 5.02 Å². The molecule has 0 radical (unpaired) electrons. The van der Waals surface area contributed by atoms with Gasteiger partial charge in [0.05, 0.1) is 6.10 Å². The molecule has 0 aromatic heterocycles. The highest BCUT2D eigenvalue weighted by atomic mass is 35.5. The van der Waals surface area contributed by atoms with Gasteiger partial charge in [0.25, 0.3) is 0 Å². The number of ether oxygens (including phenoxy) is 1. The number of rotatable bonds is 3. The van der Waals surface area contributed by atoms with Crippen molar-refractivity contribution in [2.75, 3.05) is 11.9 Å².